The van der Waals surface area contributed by atoms with Crippen LogP contribution in [0.3, 0.4) is 0 Å². The predicted molar refractivity (Wildman–Crippen MR) is 64.3 cm³/mol. The van der Waals surface area contributed by atoms with Gasteiger partial charge in [-0.15, -0.1) is 0 Å². The van der Waals surface area contributed by atoms with E-state index in [1.807, 2.05) is 32.0 Å². The maximum Gasteiger partial charge on any atom is 0.211 e. The molecule has 0 bridgehead atoms. The maximum absolute atomic E-state index is 5.96. The summed E-state index contributed by atoms with van der Waals surface area (Å²) < 4.78 is 5.55. The molecule has 2 N–H and O–H groups in total. The minimum Gasteiger partial charge on any atom is -0.439 e. The number of nitrogens with zero attached hydrogens (tertiary/aromatic N) is 1. The van der Waals surface area contributed by atoms with Crippen LogP contribution in [-0.4, -0.2) is 4.98 Å². The van der Waals surface area contributed by atoms with E-state index >= 15 is 0 Å². The summed E-state index contributed by atoms with van der Waals surface area (Å²) in [7, 11) is 0. The van der Waals surface area contributed by atoms with Crippen molar-refractivity contribution in [2.75, 3.05) is 0 Å². The van der Waals surface area contributed by atoms with E-state index in [0.29, 0.717) is 11.7 Å². The van der Waals surface area contributed by atoms with Gasteiger partial charge in [0.05, 0.1) is 12.2 Å². The Hall–Kier alpha value is -1.32. The van der Waals surface area contributed by atoms with Crippen LogP contribution in [0, 0.1) is 6.92 Å². The minimum atomic E-state index is -0.192. The van der Waals surface area contributed by atoms with Gasteiger partial charge in [0.2, 0.25) is 5.89 Å². The van der Waals surface area contributed by atoms with Crippen molar-refractivity contribution in [1.29, 1.82) is 0 Å². The summed E-state index contributed by atoms with van der Waals surface area (Å²) in [4.78, 5) is 4.12. The lowest BCUT2D eigenvalue weighted by atomic mass is 10.1. The van der Waals surface area contributed by atoms with Gasteiger partial charge < -0.3 is 10.2 Å². The van der Waals surface area contributed by atoms with E-state index in [4.69, 9.17) is 21.8 Å². The van der Waals surface area contributed by atoms with Crippen molar-refractivity contribution in [3.63, 3.8) is 0 Å². The highest BCUT2D eigenvalue weighted by molar-refractivity contribution is 6.31. The van der Waals surface area contributed by atoms with E-state index < -0.39 is 0 Å². The lowest BCUT2D eigenvalue weighted by molar-refractivity contribution is 0.473. The molecule has 0 aliphatic carbocycles. The number of aromatic nitrogens is 1. The van der Waals surface area contributed by atoms with E-state index in [0.717, 1.165) is 16.1 Å². The first-order chi connectivity index (χ1) is 7.58. The number of halogens is 1. The number of rotatable bonds is 2. The van der Waals surface area contributed by atoms with Gasteiger partial charge in [-0.05, 0) is 37.6 Å². The molecule has 2 aromatic rings. The fraction of sp³-hybridized carbons (Fsp3) is 0.250. The van der Waals surface area contributed by atoms with Crippen molar-refractivity contribution < 1.29 is 4.42 Å². The molecule has 2 rings (SSSR count). The molecular formula is C12H13ClN2O. The van der Waals surface area contributed by atoms with Crippen LogP contribution in [-0.2, 0) is 0 Å². The van der Waals surface area contributed by atoms with Gasteiger partial charge in [-0.25, -0.2) is 4.98 Å². The van der Waals surface area contributed by atoms with Crippen LogP contribution in [0.15, 0.2) is 28.8 Å². The summed E-state index contributed by atoms with van der Waals surface area (Å²) in [6, 6.07) is 5.52. The molecule has 1 atom stereocenters. The zero-order chi connectivity index (χ0) is 11.7. The zero-order valence-electron chi connectivity index (χ0n) is 9.20. The van der Waals surface area contributed by atoms with Gasteiger partial charge in [0.1, 0.15) is 0 Å². The number of hydrogen-bond acceptors (Lipinski definition) is 3. The summed E-state index contributed by atoms with van der Waals surface area (Å²) in [5.41, 5.74) is 7.65. The van der Waals surface area contributed by atoms with Crippen LogP contribution < -0.4 is 5.73 Å². The Balaban J connectivity index is 2.39. The van der Waals surface area contributed by atoms with Crippen molar-refractivity contribution in [2.45, 2.75) is 19.9 Å². The molecule has 1 aromatic carbocycles. The topological polar surface area (TPSA) is 52.0 Å². The van der Waals surface area contributed by atoms with Crippen LogP contribution in [0.5, 0.6) is 0 Å². The Morgan fingerprint density at radius 1 is 1.44 bits per heavy atom. The molecular weight excluding hydrogens is 224 g/mol. The van der Waals surface area contributed by atoms with E-state index in [1.165, 1.54) is 0 Å². The smallest absolute Gasteiger partial charge is 0.211 e. The molecule has 0 amide bonds. The highest BCUT2D eigenvalue weighted by atomic mass is 35.5. The number of aryl methyl sites for hydroxylation is 1. The second-order valence-corrected chi connectivity index (χ2v) is 4.22. The highest BCUT2D eigenvalue weighted by Gasteiger charge is 2.10. The van der Waals surface area contributed by atoms with Crippen molar-refractivity contribution in [2.24, 2.45) is 5.73 Å². The van der Waals surface area contributed by atoms with Gasteiger partial charge in [0, 0.05) is 10.6 Å². The summed E-state index contributed by atoms with van der Waals surface area (Å²) >= 11 is 5.96. The summed E-state index contributed by atoms with van der Waals surface area (Å²) in [6.45, 7) is 3.79. The molecule has 0 saturated heterocycles. The Morgan fingerprint density at radius 2 is 2.19 bits per heavy atom. The van der Waals surface area contributed by atoms with Gasteiger partial charge in [0.25, 0.3) is 0 Å². The summed E-state index contributed by atoms with van der Waals surface area (Å²) in [5.74, 6) is 1.26. The van der Waals surface area contributed by atoms with Gasteiger partial charge in [0.15, 0.2) is 5.76 Å². The standard InChI is InChI=1S/C12H13ClN2O/c1-7-5-9(3-4-10(7)13)11-6-15-12(16-11)8(2)14/h3-6,8H,14H2,1-2H3. The van der Waals surface area contributed by atoms with Crippen molar-refractivity contribution in [3.8, 4) is 11.3 Å². The van der Waals surface area contributed by atoms with E-state index in [1.54, 1.807) is 6.20 Å². The average Bonchev–Trinajstić information content (AvgIpc) is 2.71. The van der Waals surface area contributed by atoms with Crippen LogP contribution >= 0.6 is 11.6 Å². The Morgan fingerprint density at radius 3 is 2.75 bits per heavy atom. The first-order valence-corrected chi connectivity index (χ1v) is 5.43. The SMILES string of the molecule is Cc1cc(-c2cnc(C(C)N)o2)ccc1Cl. The van der Waals surface area contributed by atoms with Gasteiger partial charge in [-0.2, -0.15) is 0 Å². The number of benzene rings is 1. The monoisotopic (exact) mass is 236 g/mol. The molecule has 0 saturated carbocycles. The van der Waals surface area contributed by atoms with Crippen LogP contribution in [0.1, 0.15) is 24.4 Å². The minimum absolute atomic E-state index is 0.192. The van der Waals surface area contributed by atoms with Gasteiger partial charge >= 0.3 is 0 Å². The zero-order valence-corrected chi connectivity index (χ0v) is 9.95. The average molecular weight is 237 g/mol. The van der Waals surface area contributed by atoms with E-state index in [2.05, 4.69) is 4.98 Å². The Labute approximate surface area is 99.2 Å². The molecule has 16 heavy (non-hydrogen) atoms. The molecule has 0 aliphatic heterocycles. The van der Waals surface area contributed by atoms with Crippen LogP contribution in [0.2, 0.25) is 5.02 Å². The van der Waals surface area contributed by atoms with Gasteiger partial charge in [-0.1, -0.05) is 11.6 Å². The molecule has 0 aliphatic rings. The van der Waals surface area contributed by atoms with Crippen LogP contribution in [0.25, 0.3) is 11.3 Å². The summed E-state index contributed by atoms with van der Waals surface area (Å²) in [6.07, 6.45) is 1.68. The molecule has 84 valence electrons. The highest BCUT2D eigenvalue weighted by Crippen LogP contribution is 2.26. The van der Waals surface area contributed by atoms with Crippen molar-refractivity contribution in [3.05, 3.63) is 40.9 Å². The predicted octanol–water partition coefficient (Wildman–Crippen LogP) is 3.32. The largest absolute Gasteiger partial charge is 0.439 e. The number of oxazole rings is 1. The third kappa shape index (κ3) is 2.10. The molecule has 0 fully saturated rings. The molecule has 4 heteroatoms. The quantitative estimate of drug-likeness (QED) is 0.870. The lowest BCUT2D eigenvalue weighted by Crippen LogP contribution is -2.04. The third-order valence-corrected chi connectivity index (χ3v) is 2.78. The molecule has 1 aromatic heterocycles. The first-order valence-electron chi connectivity index (χ1n) is 5.06. The number of nitrogens with two attached hydrogens (primary N) is 1. The first kappa shape index (κ1) is 11.2. The molecule has 0 spiro atoms. The Bertz CT molecular complexity index is 505. The second kappa shape index (κ2) is 4.28. The van der Waals surface area contributed by atoms with E-state index in [-0.39, 0.29) is 6.04 Å². The van der Waals surface area contributed by atoms with Crippen LogP contribution in [0.4, 0.5) is 0 Å². The molecule has 0 radical (unpaired) electrons. The third-order valence-electron chi connectivity index (χ3n) is 2.36. The molecule has 1 unspecified atom stereocenters. The van der Waals surface area contributed by atoms with E-state index in [9.17, 15) is 0 Å². The lowest BCUT2D eigenvalue weighted by Gasteiger charge is -2.01. The fourth-order valence-electron chi connectivity index (χ4n) is 1.43. The van der Waals surface area contributed by atoms with Gasteiger partial charge in [-0.3, -0.25) is 0 Å². The molecule has 3 nitrogen and oxygen atoms in total. The molecule has 1 heterocycles. The maximum atomic E-state index is 5.96. The summed E-state index contributed by atoms with van der Waals surface area (Å²) in [5, 5.41) is 0.746. The Kier molecular flexibility index (Phi) is 2.99. The van der Waals surface area contributed by atoms with Crippen molar-refractivity contribution >= 4 is 11.6 Å². The second-order valence-electron chi connectivity index (χ2n) is 3.82. The van der Waals surface area contributed by atoms with Crippen molar-refractivity contribution in [1.82, 2.24) is 4.98 Å². The normalized spacial score (nSPS) is 12.8. The fourth-order valence-corrected chi connectivity index (χ4v) is 1.55. The number of hydrogen-bond donors (Lipinski definition) is 1.